The smallest absolute Gasteiger partial charge is 0.0505 e. The fourth-order valence-electron chi connectivity index (χ4n) is 2.61. The Balaban J connectivity index is 1.60. The van der Waals surface area contributed by atoms with Crippen molar-refractivity contribution >= 4 is 33.0 Å². The first-order chi connectivity index (χ1) is 9.81. The lowest BCUT2D eigenvalue weighted by Crippen LogP contribution is -2.18. The Labute approximate surface area is 132 Å². The Kier molecular flexibility index (Phi) is 4.76. The average molecular weight is 351 g/mol. The van der Waals surface area contributed by atoms with Crippen molar-refractivity contribution in [1.82, 2.24) is 4.90 Å². The molecule has 1 aliphatic rings. The third-order valence-corrected chi connectivity index (χ3v) is 5.60. The first-order valence-electron chi connectivity index (χ1n) is 7.08. The summed E-state index contributed by atoms with van der Waals surface area (Å²) in [7, 11) is 0. The van der Waals surface area contributed by atoms with Gasteiger partial charge in [-0.05, 0) is 71.0 Å². The third kappa shape index (κ3) is 3.62. The molecule has 1 aromatic heterocycles. The number of nitrogens with zero attached hydrogens (tertiary/aromatic N) is 1. The minimum atomic E-state index is 0.880. The Morgan fingerprint density at radius 1 is 1.20 bits per heavy atom. The summed E-state index contributed by atoms with van der Waals surface area (Å²) in [5, 5.41) is 5.63. The van der Waals surface area contributed by atoms with E-state index in [1.807, 2.05) is 0 Å². The van der Waals surface area contributed by atoms with Gasteiger partial charge in [0.1, 0.15) is 0 Å². The summed E-state index contributed by atoms with van der Waals surface area (Å²) in [5.74, 6) is 0. The highest BCUT2D eigenvalue weighted by atomic mass is 79.9. The third-order valence-electron chi connectivity index (χ3n) is 3.68. The number of halogens is 1. The average Bonchev–Trinajstić information content (AvgIpc) is 3.09. The molecule has 0 aliphatic carbocycles. The van der Waals surface area contributed by atoms with Crippen LogP contribution < -0.4 is 5.32 Å². The van der Waals surface area contributed by atoms with Crippen LogP contribution in [0.15, 0.2) is 40.2 Å². The highest BCUT2D eigenvalue weighted by Crippen LogP contribution is 2.24. The topological polar surface area (TPSA) is 15.3 Å². The molecule has 1 fully saturated rings. The molecule has 1 aliphatic heterocycles. The summed E-state index contributed by atoms with van der Waals surface area (Å²) < 4.78 is 1.20. The zero-order valence-electron chi connectivity index (χ0n) is 11.4. The van der Waals surface area contributed by atoms with Crippen LogP contribution in [0.5, 0.6) is 0 Å². The van der Waals surface area contributed by atoms with Gasteiger partial charge in [-0.2, -0.15) is 0 Å². The molecule has 0 bridgehead atoms. The van der Waals surface area contributed by atoms with Gasteiger partial charge in [-0.15, -0.1) is 11.3 Å². The van der Waals surface area contributed by atoms with Gasteiger partial charge in [0.15, 0.2) is 0 Å². The predicted molar refractivity (Wildman–Crippen MR) is 90.3 cm³/mol. The molecule has 4 heteroatoms. The standard InChI is InChI=1S/C16H19BrN2S/c17-15-6-9-20-16(15)11-18-14-5-3-4-13(10-14)12-19-7-1-2-8-19/h3-6,9-10,18H,1-2,7-8,11-12H2. The fraction of sp³-hybridized carbons (Fsp3) is 0.375. The Bertz CT molecular complexity index is 561. The van der Waals surface area contributed by atoms with Crippen LogP contribution in [0.3, 0.4) is 0 Å². The van der Waals surface area contributed by atoms with E-state index in [4.69, 9.17) is 0 Å². The van der Waals surface area contributed by atoms with E-state index in [9.17, 15) is 0 Å². The molecule has 2 heterocycles. The van der Waals surface area contributed by atoms with Crippen molar-refractivity contribution in [2.24, 2.45) is 0 Å². The van der Waals surface area contributed by atoms with Crippen molar-refractivity contribution in [3.05, 3.63) is 50.6 Å². The quantitative estimate of drug-likeness (QED) is 0.839. The molecular formula is C16H19BrN2S. The van der Waals surface area contributed by atoms with Gasteiger partial charge >= 0.3 is 0 Å². The second-order valence-corrected chi connectivity index (χ2v) is 7.08. The highest BCUT2D eigenvalue weighted by molar-refractivity contribution is 9.10. The van der Waals surface area contributed by atoms with Crippen molar-refractivity contribution in [2.75, 3.05) is 18.4 Å². The molecule has 0 radical (unpaired) electrons. The first kappa shape index (κ1) is 14.1. The van der Waals surface area contributed by atoms with E-state index < -0.39 is 0 Å². The number of nitrogens with one attached hydrogen (secondary N) is 1. The molecule has 1 aromatic carbocycles. The van der Waals surface area contributed by atoms with Crippen LogP contribution in [-0.4, -0.2) is 18.0 Å². The molecule has 0 unspecified atom stereocenters. The fourth-order valence-corrected chi connectivity index (χ4v) is 4.04. The summed E-state index contributed by atoms with van der Waals surface area (Å²) in [6.07, 6.45) is 2.70. The van der Waals surface area contributed by atoms with Crippen molar-refractivity contribution in [3.63, 3.8) is 0 Å². The zero-order chi connectivity index (χ0) is 13.8. The van der Waals surface area contributed by atoms with Crippen LogP contribution in [0.2, 0.25) is 0 Å². The Morgan fingerprint density at radius 3 is 2.80 bits per heavy atom. The molecule has 3 rings (SSSR count). The van der Waals surface area contributed by atoms with Gasteiger partial charge in [0.25, 0.3) is 0 Å². The van der Waals surface area contributed by atoms with Gasteiger partial charge < -0.3 is 5.32 Å². The molecule has 2 nitrogen and oxygen atoms in total. The van der Waals surface area contributed by atoms with Gasteiger partial charge in [0.05, 0.1) is 6.54 Å². The normalized spacial score (nSPS) is 15.7. The Hall–Kier alpha value is -0.840. The van der Waals surface area contributed by atoms with Crippen molar-refractivity contribution in [1.29, 1.82) is 0 Å². The lowest BCUT2D eigenvalue weighted by atomic mass is 10.2. The second kappa shape index (κ2) is 6.74. The van der Waals surface area contributed by atoms with E-state index in [0.29, 0.717) is 0 Å². The van der Waals surface area contributed by atoms with E-state index in [0.717, 1.165) is 13.1 Å². The van der Waals surface area contributed by atoms with Gasteiger partial charge in [0.2, 0.25) is 0 Å². The number of rotatable bonds is 5. The number of hydrogen-bond acceptors (Lipinski definition) is 3. The monoisotopic (exact) mass is 350 g/mol. The maximum atomic E-state index is 3.58. The van der Waals surface area contributed by atoms with Crippen molar-refractivity contribution in [2.45, 2.75) is 25.9 Å². The van der Waals surface area contributed by atoms with Crippen molar-refractivity contribution < 1.29 is 0 Å². The SMILES string of the molecule is Brc1ccsc1CNc1cccc(CN2CCCC2)c1. The van der Waals surface area contributed by atoms with Crippen LogP contribution in [-0.2, 0) is 13.1 Å². The minimum absolute atomic E-state index is 0.880. The number of hydrogen-bond donors (Lipinski definition) is 1. The minimum Gasteiger partial charge on any atom is -0.380 e. The van der Waals surface area contributed by atoms with E-state index in [-0.39, 0.29) is 0 Å². The summed E-state index contributed by atoms with van der Waals surface area (Å²) in [5.41, 5.74) is 2.61. The maximum absolute atomic E-state index is 3.58. The first-order valence-corrected chi connectivity index (χ1v) is 8.75. The largest absolute Gasteiger partial charge is 0.380 e. The van der Waals surface area contributed by atoms with E-state index in [1.165, 1.54) is 46.5 Å². The van der Waals surface area contributed by atoms with Crippen LogP contribution in [0, 0.1) is 0 Å². The van der Waals surface area contributed by atoms with Gasteiger partial charge in [0, 0.05) is 21.6 Å². The van der Waals surface area contributed by atoms with Crippen LogP contribution >= 0.6 is 27.3 Å². The molecule has 2 aromatic rings. The van der Waals surface area contributed by atoms with Crippen LogP contribution in [0.1, 0.15) is 23.3 Å². The van der Waals surface area contributed by atoms with E-state index in [2.05, 4.69) is 61.9 Å². The number of likely N-dealkylation sites (tertiary alicyclic amines) is 1. The van der Waals surface area contributed by atoms with Gasteiger partial charge in [-0.1, -0.05) is 12.1 Å². The Morgan fingerprint density at radius 2 is 2.05 bits per heavy atom. The lowest BCUT2D eigenvalue weighted by Gasteiger charge is -2.15. The van der Waals surface area contributed by atoms with E-state index in [1.54, 1.807) is 11.3 Å². The van der Waals surface area contributed by atoms with Crippen LogP contribution in [0.4, 0.5) is 5.69 Å². The summed E-state index contributed by atoms with van der Waals surface area (Å²) >= 11 is 5.36. The van der Waals surface area contributed by atoms with Gasteiger partial charge in [-0.3, -0.25) is 4.90 Å². The molecular weight excluding hydrogens is 332 g/mol. The predicted octanol–water partition coefficient (Wildman–Crippen LogP) is 4.72. The summed E-state index contributed by atoms with van der Waals surface area (Å²) in [6, 6.07) is 10.9. The molecule has 0 spiro atoms. The molecule has 0 atom stereocenters. The maximum Gasteiger partial charge on any atom is 0.0505 e. The number of thiophene rings is 1. The number of anilines is 1. The van der Waals surface area contributed by atoms with Gasteiger partial charge in [-0.25, -0.2) is 0 Å². The molecule has 0 amide bonds. The van der Waals surface area contributed by atoms with E-state index >= 15 is 0 Å². The van der Waals surface area contributed by atoms with Crippen LogP contribution in [0.25, 0.3) is 0 Å². The molecule has 1 N–H and O–H groups in total. The summed E-state index contributed by atoms with van der Waals surface area (Å²) in [6.45, 7) is 4.46. The molecule has 20 heavy (non-hydrogen) atoms. The lowest BCUT2D eigenvalue weighted by molar-refractivity contribution is 0.331. The highest BCUT2D eigenvalue weighted by Gasteiger charge is 2.11. The molecule has 0 saturated carbocycles. The molecule has 106 valence electrons. The van der Waals surface area contributed by atoms with Crippen molar-refractivity contribution in [3.8, 4) is 0 Å². The number of benzene rings is 1. The summed E-state index contributed by atoms with van der Waals surface area (Å²) in [4.78, 5) is 3.88. The second-order valence-electron chi connectivity index (χ2n) is 5.23. The molecule has 1 saturated heterocycles. The zero-order valence-corrected chi connectivity index (χ0v) is 13.8.